The van der Waals surface area contributed by atoms with Crippen molar-refractivity contribution >= 4 is 29.1 Å². The maximum absolute atomic E-state index is 12.4. The number of nitrogens with one attached hydrogen (secondary N) is 2. The molecule has 3 aromatic carbocycles. The highest BCUT2D eigenvalue weighted by Crippen LogP contribution is 2.14. The Bertz CT molecular complexity index is 1130. The van der Waals surface area contributed by atoms with Crippen molar-refractivity contribution in [2.75, 3.05) is 5.32 Å². The number of carbonyl (C=O) groups excluding carboxylic acids is 4. The SMILES string of the molecule is CC(=O)c1ccc(C(=O)NCc2cccc(NC(=O)c3ccc(C(C)=O)cc3)c2)cc1. The van der Waals surface area contributed by atoms with Gasteiger partial charge in [0.25, 0.3) is 11.8 Å². The average molecular weight is 414 g/mol. The van der Waals surface area contributed by atoms with Crippen LogP contribution in [0.25, 0.3) is 0 Å². The standard InChI is InChI=1S/C25H22N2O4/c1-16(28)19-6-10-21(11-7-19)24(30)26-15-18-4-3-5-23(14-18)27-25(31)22-12-8-20(9-13-22)17(2)29/h3-14H,15H2,1-2H3,(H,26,30)(H,27,31). The van der Waals surface area contributed by atoms with Gasteiger partial charge in [0.15, 0.2) is 11.6 Å². The van der Waals surface area contributed by atoms with Crippen molar-refractivity contribution < 1.29 is 19.2 Å². The van der Waals surface area contributed by atoms with Crippen molar-refractivity contribution in [1.29, 1.82) is 0 Å². The zero-order valence-electron chi connectivity index (χ0n) is 17.3. The fraction of sp³-hybridized carbons (Fsp3) is 0.120. The molecule has 0 spiro atoms. The predicted molar refractivity (Wildman–Crippen MR) is 118 cm³/mol. The number of amides is 2. The Labute approximate surface area is 180 Å². The molecule has 0 radical (unpaired) electrons. The first-order valence-electron chi connectivity index (χ1n) is 9.74. The van der Waals surface area contributed by atoms with E-state index < -0.39 is 0 Å². The van der Waals surface area contributed by atoms with Crippen molar-refractivity contribution in [2.24, 2.45) is 0 Å². The Hall–Kier alpha value is -4.06. The fourth-order valence-corrected chi connectivity index (χ4v) is 2.96. The van der Waals surface area contributed by atoms with Crippen LogP contribution in [0.3, 0.4) is 0 Å². The Morgan fingerprint density at radius 1 is 0.645 bits per heavy atom. The maximum atomic E-state index is 12.4. The molecular weight excluding hydrogens is 392 g/mol. The van der Waals surface area contributed by atoms with E-state index in [4.69, 9.17) is 0 Å². The predicted octanol–water partition coefficient (Wildman–Crippen LogP) is 4.27. The highest BCUT2D eigenvalue weighted by molar-refractivity contribution is 6.05. The summed E-state index contributed by atoms with van der Waals surface area (Å²) in [7, 11) is 0. The third-order valence-corrected chi connectivity index (χ3v) is 4.75. The van der Waals surface area contributed by atoms with E-state index in [1.165, 1.54) is 13.8 Å². The van der Waals surface area contributed by atoms with Crippen LogP contribution in [0.2, 0.25) is 0 Å². The maximum Gasteiger partial charge on any atom is 0.255 e. The van der Waals surface area contributed by atoms with Crippen molar-refractivity contribution in [3.05, 3.63) is 101 Å². The van der Waals surface area contributed by atoms with Gasteiger partial charge in [-0.15, -0.1) is 0 Å². The van der Waals surface area contributed by atoms with Crippen LogP contribution in [0.5, 0.6) is 0 Å². The van der Waals surface area contributed by atoms with E-state index in [-0.39, 0.29) is 29.9 Å². The van der Waals surface area contributed by atoms with Gasteiger partial charge in [0.2, 0.25) is 0 Å². The lowest BCUT2D eigenvalue weighted by Crippen LogP contribution is -2.23. The van der Waals surface area contributed by atoms with Crippen LogP contribution in [0.15, 0.2) is 72.8 Å². The summed E-state index contributed by atoms with van der Waals surface area (Å²) in [6.07, 6.45) is 0. The molecular formula is C25H22N2O4. The molecule has 0 aliphatic rings. The number of hydrogen-bond acceptors (Lipinski definition) is 4. The second kappa shape index (κ2) is 9.63. The Kier molecular flexibility index (Phi) is 6.72. The van der Waals surface area contributed by atoms with Gasteiger partial charge in [-0.1, -0.05) is 36.4 Å². The molecule has 0 unspecified atom stereocenters. The van der Waals surface area contributed by atoms with Crippen LogP contribution in [-0.4, -0.2) is 23.4 Å². The summed E-state index contributed by atoms with van der Waals surface area (Å²) in [5.74, 6) is -0.658. The number of Topliss-reactive ketones (excluding diaryl/α,β-unsaturated/α-hetero) is 2. The monoisotopic (exact) mass is 414 g/mol. The van der Waals surface area contributed by atoms with Crippen LogP contribution in [0.1, 0.15) is 60.8 Å². The van der Waals surface area contributed by atoms with Crippen molar-refractivity contribution in [3.63, 3.8) is 0 Å². The smallest absolute Gasteiger partial charge is 0.255 e. The Morgan fingerprint density at radius 2 is 1.13 bits per heavy atom. The van der Waals surface area contributed by atoms with Crippen molar-refractivity contribution in [3.8, 4) is 0 Å². The number of anilines is 1. The molecule has 2 amide bonds. The Balaban J connectivity index is 1.60. The molecule has 0 heterocycles. The van der Waals surface area contributed by atoms with E-state index in [1.807, 2.05) is 6.07 Å². The summed E-state index contributed by atoms with van der Waals surface area (Å²) < 4.78 is 0. The molecule has 0 bridgehead atoms. The van der Waals surface area contributed by atoms with Crippen molar-refractivity contribution in [1.82, 2.24) is 5.32 Å². The first-order valence-corrected chi connectivity index (χ1v) is 9.74. The molecule has 6 heteroatoms. The summed E-state index contributed by atoms with van der Waals surface area (Å²) in [5, 5.41) is 5.64. The van der Waals surface area contributed by atoms with E-state index in [1.54, 1.807) is 66.7 Å². The molecule has 0 saturated heterocycles. The minimum atomic E-state index is -0.290. The number of benzene rings is 3. The largest absolute Gasteiger partial charge is 0.348 e. The Morgan fingerprint density at radius 3 is 1.65 bits per heavy atom. The van der Waals surface area contributed by atoms with Gasteiger partial charge in [-0.25, -0.2) is 0 Å². The second-order valence-corrected chi connectivity index (χ2v) is 7.10. The van der Waals surface area contributed by atoms with E-state index in [2.05, 4.69) is 10.6 Å². The van der Waals surface area contributed by atoms with Gasteiger partial charge in [-0.2, -0.15) is 0 Å². The summed E-state index contributed by atoms with van der Waals surface area (Å²) >= 11 is 0. The molecule has 3 rings (SSSR count). The quantitative estimate of drug-likeness (QED) is 0.565. The molecule has 0 saturated carbocycles. The normalized spacial score (nSPS) is 10.3. The van der Waals surface area contributed by atoms with E-state index >= 15 is 0 Å². The minimum Gasteiger partial charge on any atom is -0.348 e. The van der Waals surface area contributed by atoms with E-state index in [0.29, 0.717) is 27.9 Å². The number of ketones is 2. The molecule has 3 aromatic rings. The van der Waals surface area contributed by atoms with Crippen LogP contribution in [-0.2, 0) is 6.54 Å². The average Bonchev–Trinajstić information content (AvgIpc) is 2.77. The molecule has 156 valence electrons. The minimum absolute atomic E-state index is 0.0550. The number of hydrogen-bond donors (Lipinski definition) is 2. The molecule has 6 nitrogen and oxygen atoms in total. The molecule has 2 N–H and O–H groups in total. The summed E-state index contributed by atoms with van der Waals surface area (Å²) in [5.41, 5.74) is 3.42. The topological polar surface area (TPSA) is 92.3 Å². The molecule has 0 atom stereocenters. The zero-order chi connectivity index (χ0) is 22.4. The zero-order valence-corrected chi connectivity index (χ0v) is 17.3. The molecule has 31 heavy (non-hydrogen) atoms. The van der Waals surface area contributed by atoms with Crippen molar-refractivity contribution in [2.45, 2.75) is 20.4 Å². The lowest BCUT2D eigenvalue weighted by molar-refractivity contribution is 0.0947. The van der Waals surface area contributed by atoms with Crippen LogP contribution >= 0.6 is 0 Å². The second-order valence-electron chi connectivity index (χ2n) is 7.10. The van der Waals surface area contributed by atoms with Gasteiger partial charge in [0.1, 0.15) is 0 Å². The summed E-state index contributed by atoms with van der Waals surface area (Å²) in [4.78, 5) is 47.5. The molecule has 0 aromatic heterocycles. The lowest BCUT2D eigenvalue weighted by atomic mass is 10.1. The van der Waals surface area contributed by atoms with Gasteiger partial charge < -0.3 is 10.6 Å². The van der Waals surface area contributed by atoms with Crippen LogP contribution in [0.4, 0.5) is 5.69 Å². The lowest BCUT2D eigenvalue weighted by Gasteiger charge is -2.09. The van der Waals surface area contributed by atoms with E-state index in [0.717, 1.165) is 5.56 Å². The van der Waals surface area contributed by atoms with E-state index in [9.17, 15) is 19.2 Å². The fourth-order valence-electron chi connectivity index (χ4n) is 2.96. The number of carbonyl (C=O) groups is 4. The third-order valence-electron chi connectivity index (χ3n) is 4.75. The van der Waals surface area contributed by atoms with Gasteiger partial charge >= 0.3 is 0 Å². The third kappa shape index (κ3) is 5.73. The summed E-state index contributed by atoms with van der Waals surface area (Å²) in [6.45, 7) is 3.23. The van der Waals surface area contributed by atoms with Gasteiger partial charge in [-0.3, -0.25) is 19.2 Å². The number of rotatable bonds is 7. The van der Waals surface area contributed by atoms with Gasteiger partial charge in [0.05, 0.1) is 0 Å². The molecule has 0 fully saturated rings. The van der Waals surface area contributed by atoms with Gasteiger partial charge in [0, 0.05) is 34.5 Å². The molecule has 0 aliphatic heterocycles. The van der Waals surface area contributed by atoms with Crippen LogP contribution in [0, 0.1) is 0 Å². The first kappa shape index (κ1) is 21.6. The summed E-state index contributed by atoms with van der Waals surface area (Å²) in [6, 6.07) is 20.1. The van der Waals surface area contributed by atoms with Gasteiger partial charge in [-0.05, 0) is 55.8 Å². The highest BCUT2D eigenvalue weighted by Gasteiger charge is 2.09. The molecule has 0 aliphatic carbocycles. The highest BCUT2D eigenvalue weighted by atomic mass is 16.2. The first-order chi connectivity index (χ1) is 14.8. The van der Waals surface area contributed by atoms with Crippen LogP contribution < -0.4 is 10.6 Å².